The van der Waals surface area contributed by atoms with Crippen LogP contribution in [0.5, 0.6) is 0 Å². The van der Waals surface area contributed by atoms with Gasteiger partial charge in [0, 0.05) is 28.9 Å². The van der Waals surface area contributed by atoms with E-state index in [1.165, 1.54) is 0 Å². The number of carbonyl (C=O) groups excluding carboxylic acids is 1. The normalized spacial score (nSPS) is 10.1. The van der Waals surface area contributed by atoms with E-state index in [1.54, 1.807) is 18.2 Å². The van der Waals surface area contributed by atoms with E-state index < -0.39 is 0 Å². The number of carbonyl (C=O) groups is 1. The third-order valence-electron chi connectivity index (χ3n) is 1.93. The molecule has 2 nitrogen and oxygen atoms in total. The Hall–Kier alpha value is -0.540. The second-order valence-electron chi connectivity index (χ2n) is 2.91. The molecule has 0 bridgehead atoms. The van der Waals surface area contributed by atoms with Gasteiger partial charge in [0.1, 0.15) is 0 Å². The second kappa shape index (κ2) is 5.37. The van der Waals surface area contributed by atoms with Crippen molar-refractivity contribution in [1.29, 1.82) is 0 Å². The number of benzene rings is 1. The molecule has 0 aliphatic heterocycles. The number of hydrogen-bond acceptors (Lipinski definition) is 2. The monoisotopic (exact) mass is 275 g/mol. The van der Waals surface area contributed by atoms with Gasteiger partial charge in [-0.25, -0.2) is 0 Å². The molecule has 1 aromatic rings. The number of alkyl halides is 2. The zero-order chi connectivity index (χ0) is 10.6. The fourth-order valence-electron chi connectivity index (χ4n) is 1.13. The molecule has 0 fully saturated rings. The molecule has 0 unspecified atom stereocenters. The van der Waals surface area contributed by atoms with Crippen LogP contribution < -0.4 is 5.73 Å². The number of Topliss-reactive ketones (excluding diaryl/α,β-unsaturated/α-hetero) is 1. The molecule has 0 heterocycles. The minimum Gasteiger partial charge on any atom is -0.398 e. The van der Waals surface area contributed by atoms with Crippen molar-refractivity contribution in [1.82, 2.24) is 0 Å². The predicted octanol–water partition coefficient (Wildman–Crippen LogP) is 2.98. The Morgan fingerprint density at radius 1 is 1.50 bits per heavy atom. The molecule has 76 valence electrons. The van der Waals surface area contributed by atoms with Crippen molar-refractivity contribution in [3.05, 3.63) is 29.3 Å². The van der Waals surface area contributed by atoms with Gasteiger partial charge < -0.3 is 5.73 Å². The lowest BCUT2D eigenvalue weighted by molar-refractivity contribution is 0.0990. The largest absolute Gasteiger partial charge is 0.398 e. The molecule has 14 heavy (non-hydrogen) atoms. The number of hydrogen-bond donors (Lipinski definition) is 1. The SMILES string of the molecule is Nc1ccc(C(=O)CCBr)cc1CCl. The molecular weight excluding hydrogens is 265 g/mol. The van der Waals surface area contributed by atoms with Crippen LogP contribution in [0.3, 0.4) is 0 Å². The molecule has 0 aromatic heterocycles. The van der Waals surface area contributed by atoms with Gasteiger partial charge in [0.15, 0.2) is 5.78 Å². The van der Waals surface area contributed by atoms with E-state index in [-0.39, 0.29) is 5.78 Å². The van der Waals surface area contributed by atoms with E-state index in [9.17, 15) is 4.79 Å². The first-order valence-electron chi connectivity index (χ1n) is 4.22. The quantitative estimate of drug-likeness (QED) is 0.522. The van der Waals surface area contributed by atoms with Gasteiger partial charge in [0.05, 0.1) is 0 Å². The van der Waals surface area contributed by atoms with Gasteiger partial charge in [0.25, 0.3) is 0 Å². The van der Waals surface area contributed by atoms with Crippen molar-refractivity contribution in [2.45, 2.75) is 12.3 Å². The van der Waals surface area contributed by atoms with Gasteiger partial charge in [-0.05, 0) is 23.8 Å². The smallest absolute Gasteiger partial charge is 0.163 e. The molecule has 0 atom stereocenters. The maximum atomic E-state index is 11.5. The number of halogens is 2. The Kier molecular flexibility index (Phi) is 4.42. The lowest BCUT2D eigenvalue weighted by Crippen LogP contribution is -2.02. The molecule has 0 saturated carbocycles. The van der Waals surface area contributed by atoms with Gasteiger partial charge in [0.2, 0.25) is 0 Å². The summed E-state index contributed by atoms with van der Waals surface area (Å²) in [7, 11) is 0. The molecular formula is C10H11BrClNO. The van der Waals surface area contributed by atoms with Gasteiger partial charge in [-0.2, -0.15) is 0 Å². The number of ketones is 1. The van der Waals surface area contributed by atoms with E-state index in [2.05, 4.69) is 15.9 Å². The first-order valence-corrected chi connectivity index (χ1v) is 5.88. The Morgan fingerprint density at radius 2 is 2.21 bits per heavy atom. The highest BCUT2D eigenvalue weighted by Gasteiger charge is 2.07. The van der Waals surface area contributed by atoms with E-state index >= 15 is 0 Å². The van der Waals surface area contributed by atoms with Crippen molar-refractivity contribution < 1.29 is 4.79 Å². The van der Waals surface area contributed by atoms with Crippen molar-refractivity contribution in [2.75, 3.05) is 11.1 Å². The molecule has 2 N–H and O–H groups in total. The van der Waals surface area contributed by atoms with Crippen molar-refractivity contribution in [2.24, 2.45) is 0 Å². The highest BCUT2D eigenvalue weighted by Crippen LogP contribution is 2.17. The van der Waals surface area contributed by atoms with E-state index in [4.69, 9.17) is 17.3 Å². The Morgan fingerprint density at radius 3 is 2.79 bits per heavy atom. The fraction of sp³-hybridized carbons (Fsp3) is 0.300. The molecule has 0 amide bonds. The van der Waals surface area contributed by atoms with Crippen LogP contribution in [-0.4, -0.2) is 11.1 Å². The summed E-state index contributed by atoms with van der Waals surface area (Å²) in [5.74, 6) is 0.439. The first kappa shape index (κ1) is 11.5. The van der Waals surface area contributed by atoms with Crippen LogP contribution in [0, 0.1) is 0 Å². The second-order valence-corrected chi connectivity index (χ2v) is 3.97. The molecule has 4 heteroatoms. The zero-order valence-corrected chi connectivity index (χ0v) is 9.94. The molecule has 1 aromatic carbocycles. The third kappa shape index (κ3) is 2.72. The molecule has 0 radical (unpaired) electrons. The van der Waals surface area contributed by atoms with E-state index in [1.807, 2.05) is 0 Å². The summed E-state index contributed by atoms with van der Waals surface area (Å²) in [6.07, 6.45) is 0.492. The maximum absolute atomic E-state index is 11.5. The third-order valence-corrected chi connectivity index (χ3v) is 2.61. The molecule has 1 rings (SSSR count). The van der Waals surface area contributed by atoms with Crippen molar-refractivity contribution in [3.63, 3.8) is 0 Å². The minimum absolute atomic E-state index is 0.105. The Bertz CT molecular complexity index is 341. The Balaban J connectivity index is 2.94. The summed E-state index contributed by atoms with van der Waals surface area (Å²) < 4.78 is 0. The van der Waals surface area contributed by atoms with E-state index in [0.29, 0.717) is 28.9 Å². The lowest BCUT2D eigenvalue weighted by Gasteiger charge is -2.04. The van der Waals surface area contributed by atoms with Crippen molar-refractivity contribution in [3.8, 4) is 0 Å². The lowest BCUT2D eigenvalue weighted by atomic mass is 10.1. The van der Waals surface area contributed by atoms with Crippen LogP contribution in [-0.2, 0) is 5.88 Å². The number of nitrogens with two attached hydrogens (primary N) is 1. The van der Waals surface area contributed by atoms with Crippen LogP contribution in [0.1, 0.15) is 22.3 Å². The maximum Gasteiger partial charge on any atom is 0.163 e. The van der Waals surface area contributed by atoms with Gasteiger partial charge in [-0.15, -0.1) is 11.6 Å². The molecule has 0 spiro atoms. The standard InChI is InChI=1S/C10H11BrClNO/c11-4-3-10(14)7-1-2-9(13)8(5-7)6-12/h1-2,5H,3-4,6,13H2. The van der Waals surface area contributed by atoms with Crippen LogP contribution >= 0.6 is 27.5 Å². The van der Waals surface area contributed by atoms with Gasteiger partial charge in [-0.3, -0.25) is 4.79 Å². The number of anilines is 1. The summed E-state index contributed by atoms with van der Waals surface area (Å²) in [6, 6.07) is 5.21. The highest BCUT2D eigenvalue weighted by molar-refractivity contribution is 9.09. The van der Waals surface area contributed by atoms with Gasteiger partial charge in [-0.1, -0.05) is 15.9 Å². The Labute approximate surface area is 96.6 Å². The summed E-state index contributed by atoms with van der Waals surface area (Å²) in [5, 5.41) is 0.673. The average Bonchev–Trinajstić information content (AvgIpc) is 2.19. The minimum atomic E-state index is 0.105. The molecule has 0 saturated heterocycles. The van der Waals surface area contributed by atoms with Crippen LogP contribution in [0.4, 0.5) is 5.69 Å². The summed E-state index contributed by atoms with van der Waals surface area (Å²) in [5.41, 5.74) is 7.79. The zero-order valence-electron chi connectivity index (χ0n) is 7.59. The summed E-state index contributed by atoms with van der Waals surface area (Å²) in [6.45, 7) is 0. The van der Waals surface area contributed by atoms with Crippen LogP contribution in [0.25, 0.3) is 0 Å². The van der Waals surface area contributed by atoms with Crippen molar-refractivity contribution >= 4 is 39.0 Å². The summed E-state index contributed by atoms with van der Waals surface area (Å²) >= 11 is 8.91. The first-order chi connectivity index (χ1) is 6.69. The fourth-order valence-corrected chi connectivity index (χ4v) is 1.72. The predicted molar refractivity (Wildman–Crippen MR) is 63.2 cm³/mol. The number of nitrogen functional groups attached to an aromatic ring is 1. The molecule has 0 aliphatic rings. The van der Waals surface area contributed by atoms with E-state index in [0.717, 1.165) is 5.56 Å². The average molecular weight is 277 g/mol. The topological polar surface area (TPSA) is 43.1 Å². The summed E-state index contributed by atoms with van der Waals surface area (Å²) in [4.78, 5) is 11.5. The molecule has 0 aliphatic carbocycles. The van der Waals surface area contributed by atoms with Crippen LogP contribution in [0.15, 0.2) is 18.2 Å². The van der Waals surface area contributed by atoms with Gasteiger partial charge >= 0.3 is 0 Å². The number of rotatable bonds is 4. The van der Waals surface area contributed by atoms with Crippen LogP contribution in [0.2, 0.25) is 0 Å². The highest BCUT2D eigenvalue weighted by atomic mass is 79.9.